The normalized spacial score (nSPS) is 26.9. The fourth-order valence-corrected chi connectivity index (χ4v) is 1.70. The van der Waals surface area contributed by atoms with Crippen LogP contribution in [-0.2, 0) is 14.3 Å². The van der Waals surface area contributed by atoms with Crippen LogP contribution >= 0.6 is 0 Å². The zero-order valence-electron chi connectivity index (χ0n) is 9.39. The van der Waals surface area contributed by atoms with Crippen molar-refractivity contribution in [2.24, 2.45) is 0 Å². The molecule has 3 atom stereocenters. The van der Waals surface area contributed by atoms with Crippen molar-refractivity contribution in [3.63, 3.8) is 0 Å². The van der Waals surface area contributed by atoms with Gasteiger partial charge in [0.05, 0.1) is 18.8 Å². The van der Waals surface area contributed by atoms with Crippen molar-refractivity contribution in [1.82, 2.24) is 5.32 Å². The zero-order chi connectivity index (χ0) is 12.0. The van der Waals surface area contributed by atoms with Gasteiger partial charge in [0.2, 0.25) is 0 Å². The lowest BCUT2D eigenvalue weighted by Gasteiger charge is -2.14. The Kier molecular flexibility index (Phi) is 5.68. The molecule has 0 aliphatic carbocycles. The van der Waals surface area contributed by atoms with Crippen LogP contribution in [0.2, 0.25) is 0 Å². The largest absolute Gasteiger partial charge is 0.479 e. The molecule has 6 nitrogen and oxygen atoms in total. The first kappa shape index (κ1) is 13.4. The summed E-state index contributed by atoms with van der Waals surface area (Å²) in [6.07, 6.45) is 0.0142. The van der Waals surface area contributed by atoms with E-state index in [1.54, 1.807) is 0 Å². The lowest BCUT2D eigenvalue weighted by molar-refractivity contribution is -0.149. The Hall–Kier alpha value is -0.690. The third-order valence-electron chi connectivity index (χ3n) is 2.49. The molecule has 0 aromatic rings. The topological polar surface area (TPSA) is 88.0 Å². The fourth-order valence-electron chi connectivity index (χ4n) is 1.70. The molecule has 1 heterocycles. The predicted molar refractivity (Wildman–Crippen MR) is 56.3 cm³/mol. The number of aliphatic hydroxyl groups is 1. The van der Waals surface area contributed by atoms with Crippen molar-refractivity contribution in [1.29, 1.82) is 0 Å². The maximum Gasteiger partial charge on any atom is 0.332 e. The molecule has 0 radical (unpaired) electrons. The molecule has 0 aromatic heterocycles. The third-order valence-corrected chi connectivity index (χ3v) is 2.49. The van der Waals surface area contributed by atoms with E-state index in [9.17, 15) is 9.90 Å². The predicted octanol–water partition coefficient (Wildman–Crippen LogP) is -0.784. The number of methoxy groups -OCH3 is 1. The van der Waals surface area contributed by atoms with Crippen LogP contribution in [0.1, 0.15) is 12.8 Å². The van der Waals surface area contributed by atoms with Gasteiger partial charge in [0, 0.05) is 20.2 Å². The van der Waals surface area contributed by atoms with Crippen molar-refractivity contribution in [3.05, 3.63) is 0 Å². The fraction of sp³-hybridized carbons (Fsp3) is 0.900. The Bertz CT molecular complexity index is 223. The number of ether oxygens (including phenoxy) is 2. The van der Waals surface area contributed by atoms with Crippen LogP contribution < -0.4 is 5.32 Å². The van der Waals surface area contributed by atoms with Crippen molar-refractivity contribution in [3.8, 4) is 0 Å². The minimum atomic E-state index is -0.901. The Morgan fingerprint density at radius 1 is 1.62 bits per heavy atom. The molecule has 6 heteroatoms. The number of aliphatic carboxylic acids is 1. The highest BCUT2D eigenvalue weighted by Gasteiger charge is 2.29. The van der Waals surface area contributed by atoms with E-state index in [2.05, 4.69) is 5.32 Å². The first-order chi connectivity index (χ1) is 7.63. The molecule has 1 saturated heterocycles. The number of carboxylic acids is 1. The van der Waals surface area contributed by atoms with Crippen molar-refractivity contribution >= 4 is 5.97 Å². The van der Waals surface area contributed by atoms with Gasteiger partial charge in [-0.15, -0.1) is 0 Å². The lowest BCUT2D eigenvalue weighted by Crippen LogP contribution is -2.35. The smallest absolute Gasteiger partial charge is 0.332 e. The van der Waals surface area contributed by atoms with E-state index in [0.717, 1.165) is 6.42 Å². The van der Waals surface area contributed by atoms with Gasteiger partial charge in [0.15, 0.2) is 6.10 Å². The van der Waals surface area contributed by atoms with Gasteiger partial charge in [-0.3, -0.25) is 0 Å². The molecule has 16 heavy (non-hydrogen) atoms. The van der Waals surface area contributed by atoms with Crippen LogP contribution in [0.4, 0.5) is 0 Å². The summed E-state index contributed by atoms with van der Waals surface area (Å²) in [4.78, 5) is 10.6. The number of hydrogen-bond acceptors (Lipinski definition) is 5. The van der Waals surface area contributed by atoms with Crippen molar-refractivity contribution in [2.75, 3.05) is 26.8 Å². The Morgan fingerprint density at radius 2 is 2.38 bits per heavy atom. The van der Waals surface area contributed by atoms with Gasteiger partial charge in [-0.2, -0.15) is 0 Å². The maximum absolute atomic E-state index is 10.6. The van der Waals surface area contributed by atoms with E-state index in [4.69, 9.17) is 14.6 Å². The van der Waals surface area contributed by atoms with Gasteiger partial charge in [-0.1, -0.05) is 0 Å². The molecule has 1 rings (SSSR count). The minimum Gasteiger partial charge on any atom is -0.479 e. The summed E-state index contributed by atoms with van der Waals surface area (Å²) < 4.78 is 10.1. The summed E-state index contributed by atoms with van der Waals surface area (Å²) in [5.74, 6) is -0.901. The second-order valence-corrected chi connectivity index (χ2v) is 3.93. The maximum atomic E-state index is 10.6. The summed E-state index contributed by atoms with van der Waals surface area (Å²) in [7, 11) is 1.53. The van der Waals surface area contributed by atoms with E-state index < -0.39 is 18.2 Å². The second-order valence-electron chi connectivity index (χ2n) is 3.93. The molecule has 3 N–H and O–H groups in total. The van der Waals surface area contributed by atoms with Gasteiger partial charge in [0.1, 0.15) is 0 Å². The van der Waals surface area contributed by atoms with Gasteiger partial charge in [-0.05, 0) is 12.8 Å². The number of rotatable bonds is 7. The van der Waals surface area contributed by atoms with E-state index in [1.807, 2.05) is 0 Å². The quantitative estimate of drug-likeness (QED) is 0.534. The molecule has 0 amide bonds. The van der Waals surface area contributed by atoms with Gasteiger partial charge in [0.25, 0.3) is 0 Å². The monoisotopic (exact) mass is 233 g/mol. The summed E-state index contributed by atoms with van der Waals surface area (Å²) in [6, 6.07) is 0. The number of carbonyl (C=O) groups is 1. The number of hydrogen-bond donors (Lipinski definition) is 3. The molecule has 1 aliphatic rings. The first-order valence-corrected chi connectivity index (χ1v) is 5.39. The molecule has 0 bridgehead atoms. The summed E-state index contributed by atoms with van der Waals surface area (Å²) in [5, 5.41) is 21.1. The Morgan fingerprint density at radius 3 is 2.94 bits per heavy atom. The second kappa shape index (κ2) is 6.80. The molecular formula is C10H19NO5. The summed E-state index contributed by atoms with van der Waals surface area (Å²) in [5.41, 5.74) is 0. The third kappa shape index (κ3) is 4.44. The number of nitrogens with one attached hydrogen (secondary N) is 1. The van der Waals surface area contributed by atoms with E-state index in [0.29, 0.717) is 19.5 Å². The lowest BCUT2D eigenvalue weighted by atomic mass is 10.2. The van der Waals surface area contributed by atoms with Crippen LogP contribution in [0.5, 0.6) is 0 Å². The molecule has 0 saturated carbocycles. The highest BCUT2D eigenvalue weighted by Crippen LogP contribution is 2.18. The van der Waals surface area contributed by atoms with E-state index in [-0.39, 0.29) is 12.7 Å². The van der Waals surface area contributed by atoms with Gasteiger partial charge >= 0.3 is 5.97 Å². The molecule has 94 valence electrons. The van der Waals surface area contributed by atoms with Crippen LogP contribution in [-0.4, -0.2) is 61.3 Å². The summed E-state index contributed by atoms with van der Waals surface area (Å²) in [6.45, 7) is 1.27. The van der Waals surface area contributed by atoms with Gasteiger partial charge in [-0.25, -0.2) is 4.79 Å². The molecular weight excluding hydrogens is 214 g/mol. The highest BCUT2D eigenvalue weighted by atomic mass is 16.5. The molecule has 0 spiro atoms. The van der Waals surface area contributed by atoms with Crippen LogP contribution in [0, 0.1) is 0 Å². The van der Waals surface area contributed by atoms with Crippen LogP contribution in [0.25, 0.3) is 0 Å². The van der Waals surface area contributed by atoms with Crippen molar-refractivity contribution in [2.45, 2.75) is 31.2 Å². The molecule has 1 aliphatic heterocycles. The highest BCUT2D eigenvalue weighted by molar-refractivity contribution is 5.72. The number of aliphatic hydroxyl groups excluding tert-OH is 1. The van der Waals surface area contributed by atoms with Crippen LogP contribution in [0.3, 0.4) is 0 Å². The average molecular weight is 233 g/mol. The Labute approximate surface area is 94.5 Å². The first-order valence-electron chi connectivity index (χ1n) is 5.39. The zero-order valence-corrected chi connectivity index (χ0v) is 9.39. The van der Waals surface area contributed by atoms with E-state index in [1.165, 1.54) is 7.11 Å². The summed E-state index contributed by atoms with van der Waals surface area (Å²) >= 11 is 0. The average Bonchev–Trinajstić information content (AvgIpc) is 2.67. The number of carboxylic acid groups (broad SMARTS) is 1. The van der Waals surface area contributed by atoms with Crippen molar-refractivity contribution < 1.29 is 24.5 Å². The molecule has 3 unspecified atom stereocenters. The van der Waals surface area contributed by atoms with E-state index >= 15 is 0 Å². The SMILES string of the molecule is COCC(O)CNCC1CCC(C(=O)O)O1. The Balaban J connectivity index is 2.09. The standard InChI is InChI=1S/C10H19NO5/c1-15-6-7(12)4-11-5-8-2-3-9(16-8)10(13)14/h7-9,11-12H,2-6H2,1H3,(H,13,14). The van der Waals surface area contributed by atoms with Gasteiger partial charge < -0.3 is 25.0 Å². The molecule has 0 aromatic carbocycles. The minimum absolute atomic E-state index is 0.0733. The van der Waals surface area contributed by atoms with Crippen LogP contribution in [0.15, 0.2) is 0 Å². The molecule has 1 fully saturated rings.